The van der Waals surface area contributed by atoms with Crippen molar-refractivity contribution in [2.75, 3.05) is 25.0 Å². The first-order valence-electron chi connectivity index (χ1n) is 8.03. The van der Waals surface area contributed by atoms with E-state index in [0.717, 1.165) is 41.4 Å². The number of nitrogens with zero attached hydrogens (tertiary/aromatic N) is 3. The first-order valence-corrected chi connectivity index (χ1v) is 8.82. The predicted octanol–water partition coefficient (Wildman–Crippen LogP) is 4.31. The van der Waals surface area contributed by atoms with Gasteiger partial charge in [-0.15, -0.1) is 0 Å². The zero-order valence-electron chi connectivity index (χ0n) is 13.6. The van der Waals surface area contributed by atoms with Gasteiger partial charge in [-0.05, 0) is 57.6 Å². The standard InChI is InChI=1S/C17H25BrN4/c1-4-22(5-2)10-6-7-13(3)20-17-19-12-14-11-15(18)8-9-16(14)21-17/h8-9,11-13H,4-7,10H2,1-3H3,(H,19,20,21)/t13-/m0/s1. The number of fused-ring (bicyclic) bond motifs is 1. The van der Waals surface area contributed by atoms with Crippen LogP contribution >= 0.6 is 15.9 Å². The second kappa shape index (κ2) is 8.44. The number of anilines is 1. The molecule has 0 saturated carbocycles. The van der Waals surface area contributed by atoms with Gasteiger partial charge in [0.25, 0.3) is 0 Å². The SMILES string of the molecule is CCN(CC)CCC[C@H](C)Nc1ncc2cc(Br)ccc2n1. The Morgan fingerprint density at radius 1 is 1.27 bits per heavy atom. The van der Waals surface area contributed by atoms with Crippen LogP contribution in [0, 0.1) is 0 Å². The van der Waals surface area contributed by atoms with Crippen molar-refractivity contribution in [3.8, 4) is 0 Å². The van der Waals surface area contributed by atoms with E-state index >= 15 is 0 Å². The van der Waals surface area contributed by atoms with Gasteiger partial charge in [-0.2, -0.15) is 0 Å². The lowest BCUT2D eigenvalue weighted by atomic mass is 10.2. The summed E-state index contributed by atoms with van der Waals surface area (Å²) in [5.74, 6) is 0.713. The van der Waals surface area contributed by atoms with Crippen LogP contribution in [0.25, 0.3) is 10.9 Å². The van der Waals surface area contributed by atoms with Gasteiger partial charge in [-0.3, -0.25) is 0 Å². The largest absolute Gasteiger partial charge is 0.352 e. The van der Waals surface area contributed by atoms with Crippen molar-refractivity contribution in [3.05, 3.63) is 28.9 Å². The molecule has 1 N–H and O–H groups in total. The Morgan fingerprint density at radius 2 is 2.05 bits per heavy atom. The summed E-state index contributed by atoms with van der Waals surface area (Å²) < 4.78 is 1.05. The quantitative estimate of drug-likeness (QED) is 0.757. The third-order valence-corrected chi connectivity index (χ3v) is 4.42. The Bertz CT molecular complexity index is 598. The lowest BCUT2D eigenvalue weighted by Gasteiger charge is -2.19. The molecule has 0 radical (unpaired) electrons. The summed E-state index contributed by atoms with van der Waals surface area (Å²) in [5.41, 5.74) is 0.969. The van der Waals surface area contributed by atoms with Crippen LogP contribution in [0.3, 0.4) is 0 Å². The predicted molar refractivity (Wildman–Crippen MR) is 97.3 cm³/mol. The maximum atomic E-state index is 4.58. The number of benzene rings is 1. The molecular formula is C17H25BrN4. The van der Waals surface area contributed by atoms with E-state index in [4.69, 9.17) is 0 Å². The number of rotatable bonds is 8. The molecule has 1 atom stereocenters. The van der Waals surface area contributed by atoms with Gasteiger partial charge in [0, 0.05) is 22.1 Å². The van der Waals surface area contributed by atoms with E-state index in [9.17, 15) is 0 Å². The minimum Gasteiger partial charge on any atom is -0.352 e. The number of aromatic nitrogens is 2. The monoisotopic (exact) mass is 364 g/mol. The van der Waals surface area contributed by atoms with Gasteiger partial charge in [0.05, 0.1) is 5.52 Å². The zero-order valence-corrected chi connectivity index (χ0v) is 15.2. The van der Waals surface area contributed by atoms with Crippen LogP contribution in [-0.4, -0.2) is 40.5 Å². The summed E-state index contributed by atoms with van der Waals surface area (Å²) in [4.78, 5) is 11.4. The number of nitrogens with one attached hydrogen (secondary N) is 1. The third-order valence-electron chi connectivity index (χ3n) is 3.92. The van der Waals surface area contributed by atoms with Crippen molar-refractivity contribution >= 4 is 32.8 Å². The van der Waals surface area contributed by atoms with Crippen molar-refractivity contribution in [1.29, 1.82) is 0 Å². The van der Waals surface area contributed by atoms with Crippen LogP contribution in [0.1, 0.15) is 33.6 Å². The number of hydrogen-bond donors (Lipinski definition) is 1. The van der Waals surface area contributed by atoms with Crippen molar-refractivity contribution in [2.45, 2.75) is 39.7 Å². The molecule has 1 aromatic heterocycles. The lowest BCUT2D eigenvalue weighted by Crippen LogP contribution is -2.25. The Hall–Kier alpha value is -1.20. The van der Waals surface area contributed by atoms with E-state index in [1.165, 1.54) is 6.42 Å². The molecule has 0 aliphatic heterocycles. The maximum absolute atomic E-state index is 4.58. The van der Waals surface area contributed by atoms with Crippen LogP contribution in [-0.2, 0) is 0 Å². The highest BCUT2D eigenvalue weighted by molar-refractivity contribution is 9.10. The molecule has 2 rings (SSSR count). The van der Waals surface area contributed by atoms with Gasteiger partial charge >= 0.3 is 0 Å². The summed E-state index contributed by atoms with van der Waals surface area (Å²) in [5, 5.41) is 4.46. The van der Waals surface area contributed by atoms with Crippen LogP contribution < -0.4 is 5.32 Å². The molecule has 0 fully saturated rings. The first-order chi connectivity index (χ1) is 10.6. The zero-order chi connectivity index (χ0) is 15.9. The average molecular weight is 365 g/mol. The lowest BCUT2D eigenvalue weighted by molar-refractivity contribution is 0.295. The van der Waals surface area contributed by atoms with Crippen molar-refractivity contribution in [2.24, 2.45) is 0 Å². The number of hydrogen-bond acceptors (Lipinski definition) is 4. The molecule has 1 aromatic carbocycles. The summed E-state index contributed by atoms with van der Waals surface area (Å²) in [7, 11) is 0. The molecule has 0 saturated heterocycles. The summed E-state index contributed by atoms with van der Waals surface area (Å²) >= 11 is 3.47. The summed E-state index contributed by atoms with van der Waals surface area (Å²) in [6.07, 6.45) is 4.19. The fraction of sp³-hybridized carbons (Fsp3) is 0.529. The molecule has 120 valence electrons. The first kappa shape index (κ1) is 17.2. The number of halogens is 1. The molecule has 1 heterocycles. The molecule has 0 amide bonds. The molecule has 22 heavy (non-hydrogen) atoms. The average Bonchev–Trinajstić information content (AvgIpc) is 2.52. The van der Waals surface area contributed by atoms with Crippen LogP contribution in [0.4, 0.5) is 5.95 Å². The molecule has 5 heteroatoms. The Kier molecular flexibility index (Phi) is 6.58. The van der Waals surface area contributed by atoms with E-state index in [0.29, 0.717) is 12.0 Å². The second-order valence-electron chi connectivity index (χ2n) is 5.61. The van der Waals surface area contributed by atoms with Crippen LogP contribution in [0.2, 0.25) is 0 Å². The van der Waals surface area contributed by atoms with Gasteiger partial charge in [0.1, 0.15) is 0 Å². The highest BCUT2D eigenvalue weighted by atomic mass is 79.9. The fourth-order valence-corrected chi connectivity index (χ4v) is 2.91. The molecule has 0 aliphatic rings. The van der Waals surface area contributed by atoms with Crippen molar-refractivity contribution in [3.63, 3.8) is 0 Å². The summed E-state index contributed by atoms with van der Waals surface area (Å²) in [6.45, 7) is 10.0. The minimum atomic E-state index is 0.378. The highest BCUT2D eigenvalue weighted by Gasteiger charge is 2.07. The topological polar surface area (TPSA) is 41.0 Å². The highest BCUT2D eigenvalue weighted by Crippen LogP contribution is 2.19. The molecular weight excluding hydrogens is 340 g/mol. The molecule has 0 spiro atoms. The molecule has 4 nitrogen and oxygen atoms in total. The third kappa shape index (κ3) is 4.92. The molecule has 0 aliphatic carbocycles. The van der Waals surface area contributed by atoms with Crippen LogP contribution in [0.5, 0.6) is 0 Å². The molecule has 0 unspecified atom stereocenters. The van der Waals surface area contributed by atoms with E-state index in [-0.39, 0.29) is 0 Å². The van der Waals surface area contributed by atoms with Gasteiger partial charge < -0.3 is 10.2 Å². The Balaban J connectivity index is 1.88. The van der Waals surface area contributed by atoms with Crippen molar-refractivity contribution in [1.82, 2.24) is 14.9 Å². The van der Waals surface area contributed by atoms with Gasteiger partial charge in [-0.25, -0.2) is 9.97 Å². The summed E-state index contributed by atoms with van der Waals surface area (Å²) in [6, 6.07) is 6.43. The van der Waals surface area contributed by atoms with Gasteiger partial charge in [0.15, 0.2) is 0 Å². The normalized spacial score (nSPS) is 12.8. The Labute approximate surface area is 141 Å². The molecule has 0 bridgehead atoms. The van der Waals surface area contributed by atoms with E-state index in [1.807, 2.05) is 24.4 Å². The molecule has 2 aromatic rings. The van der Waals surface area contributed by atoms with Gasteiger partial charge in [-0.1, -0.05) is 29.8 Å². The maximum Gasteiger partial charge on any atom is 0.223 e. The minimum absolute atomic E-state index is 0.378. The van der Waals surface area contributed by atoms with E-state index < -0.39 is 0 Å². The fourth-order valence-electron chi connectivity index (χ4n) is 2.53. The van der Waals surface area contributed by atoms with E-state index in [2.05, 4.69) is 56.9 Å². The van der Waals surface area contributed by atoms with Crippen LogP contribution in [0.15, 0.2) is 28.9 Å². The second-order valence-corrected chi connectivity index (χ2v) is 6.53. The smallest absolute Gasteiger partial charge is 0.223 e. The Morgan fingerprint density at radius 3 is 2.77 bits per heavy atom. The van der Waals surface area contributed by atoms with E-state index in [1.54, 1.807) is 0 Å². The van der Waals surface area contributed by atoms with Crippen molar-refractivity contribution < 1.29 is 0 Å². The van der Waals surface area contributed by atoms with Gasteiger partial charge in [0.2, 0.25) is 5.95 Å².